The Labute approximate surface area is 185 Å². The van der Waals surface area contributed by atoms with Crippen LogP contribution in [-0.2, 0) is 10.2 Å². The first-order valence-corrected chi connectivity index (χ1v) is 11.8. The summed E-state index contributed by atoms with van der Waals surface area (Å²) in [4.78, 5) is 28.4. The lowest BCUT2D eigenvalue weighted by molar-refractivity contribution is -0.116. The summed E-state index contributed by atoms with van der Waals surface area (Å²) in [5, 5.41) is 12.4. The Bertz CT molecular complexity index is 845. The molecule has 1 aromatic rings. The number of nitrogens with one attached hydrogen (secondary N) is 1. The highest BCUT2D eigenvalue weighted by molar-refractivity contribution is 6.21. The Hall–Kier alpha value is -2.34. The van der Waals surface area contributed by atoms with Crippen LogP contribution in [0.2, 0.25) is 0 Å². The molecule has 2 N–H and O–H groups in total. The highest BCUT2D eigenvalue weighted by Crippen LogP contribution is 2.47. The van der Waals surface area contributed by atoms with Gasteiger partial charge in [0, 0.05) is 36.2 Å². The fourth-order valence-corrected chi connectivity index (χ4v) is 5.65. The largest absolute Gasteiger partial charge is 0.465 e. The second-order valence-electron chi connectivity index (χ2n) is 9.28. The predicted octanol–water partition coefficient (Wildman–Crippen LogP) is 3.86. The first kappa shape index (κ1) is 21.9. The molecule has 168 valence electrons. The Balaban J connectivity index is 1.47. The average molecular weight is 426 g/mol. The molecule has 2 amide bonds. The van der Waals surface area contributed by atoms with E-state index in [1.165, 1.54) is 10.5 Å². The summed E-state index contributed by atoms with van der Waals surface area (Å²) in [6, 6.07) is 9.09. The molecule has 0 radical (unpaired) electrons. The molecule has 1 spiro atoms. The average Bonchev–Trinajstić information content (AvgIpc) is 3.12. The van der Waals surface area contributed by atoms with Gasteiger partial charge in [0.25, 0.3) is 5.91 Å². The molecule has 2 saturated heterocycles. The first-order chi connectivity index (χ1) is 15.0. The molecule has 2 aliphatic heterocycles. The van der Waals surface area contributed by atoms with Gasteiger partial charge in [-0.05, 0) is 62.7 Å². The van der Waals surface area contributed by atoms with E-state index < -0.39 is 6.09 Å². The van der Waals surface area contributed by atoms with E-state index in [0.717, 1.165) is 62.8 Å². The SMILES string of the molecule is CCC(CC)NC(=O)C1=CC2(CCN(C3CCN(C(=O)O)CC3)CC2)c2ccccc21. The highest BCUT2D eigenvalue weighted by atomic mass is 16.4. The molecule has 0 unspecified atom stereocenters. The number of benzene rings is 1. The van der Waals surface area contributed by atoms with Crippen LogP contribution in [-0.4, -0.2) is 65.2 Å². The number of hydrogen-bond donors (Lipinski definition) is 2. The van der Waals surface area contributed by atoms with Crippen LogP contribution in [0.25, 0.3) is 5.57 Å². The van der Waals surface area contributed by atoms with Gasteiger partial charge in [0.2, 0.25) is 0 Å². The maximum Gasteiger partial charge on any atom is 0.407 e. The number of likely N-dealkylation sites (tertiary alicyclic amines) is 2. The lowest BCUT2D eigenvalue weighted by Crippen LogP contribution is -2.50. The number of piperidine rings is 2. The molecule has 0 bridgehead atoms. The molecule has 31 heavy (non-hydrogen) atoms. The quantitative estimate of drug-likeness (QED) is 0.751. The van der Waals surface area contributed by atoms with Crippen molar-refractivity contribution < 1.29 is 14.7 Å². The number of amides is 2. The Morgan fingerprint density at radius 3 is 2.35 bits per heavy atom. The maximum absolute atomic E-state index is 13.1. The monoisotopic (exact) mass is 425 g/mol. The number of carbonyl (C=O) groups excluding carboxylic acids is 1. The lowest BCUT2D eigenvalue weighted by atomic mass is 9.74. The van der Waals surface area contributed by atoms with Gasteiger partial charge in [0.1, 0.15) is 0 Å². The molecule has 3 aliphatic rings. The van der Waals surface area contributed by atoms with E-state index in [4.69, 9.17) is 0 Å². The van der Waals surface area contributed by atoms with E-state index in [1.807, 2.05) is 6.07 Å². The number of allylic oxidation sites excluding steroid dienone is 1. The van der Waals surface area contributed by atoms with Crippen molar-refractivity contribution in [2.75, 3.05) is 26.2 Å². The van der Waals surface area contributed by atoms with Crippen molar-refractivity contribution in [2.24, 2.45) is 0 Å². The van der Waals surface area contributed by atoms with Crippen LogP contribution in [0.1, 0.15) is 63.5 Å². The molecule has 0 saturated carbocycles. The normalized spacial score (nSPS) is 21.3. The third-order valence-corrected chi connectivity index (χ3v) is 7.68. The number of carbonyl (C=O) groups is 2. The molecule has 4 rings (SSSR count). The van der Waals surface area contributed by atoms with Gasteiger partial charge in [-0.3, -0.25) is 4.79 Å². The molecule has 1 aromatic carbocycles. The lowest BCUT2D eigenvalue weighted by Gasteiger charge is -2.44. The van der Waals surface area contributed by atoms with Crippen molar-refractivity contribution in [3.63, 3.8) is 0 Å². The zero-order valence-electron chi connectivity index (χ0n) is 18.8. The second kappa shape index (κ2) is 9.03. The van der Waals surface area contributed by atoms with Gasteiger partial charge >= 0.3 is 6.09 Å². The van der Waals surface area contributed by atoms with Crippen molar-refractivity contribution >= 4 is 17.6 Å². The van der Waals surface area contributed by atoms with Crippen molar-refractivity contribution in [3.8, 4) is 0 Å². The van der Waals surface area contributed by atoms with Gasteiger partial charge in [0.15, 0.2) is 0 Å². The maximum atomic E-state index is 13.1. The zero-order valence-corrected chi connectivity index (χ0v) is 18.8. The molecular weight excluding hydrogens is 390 g/mol. The summed E-state index contributed by atoms with van der Waals surface area (Å²) in [6.07, 6.45) is 7.16. The molecular formula is C25H35N3O3. The van der Waals surface area contributed by atoms with E-state index in [9.17, 15) is 14.7 Å². The number of rotatable bonds is 5. The minimum atomic E-state index is -0.803. The van der Waals surface area contributed by atoms with Gasteiger partial charge in [-0.2, -0.15) is 0 Å². The number of carboxylic acid groups (broad SMARTS) is 1. The van der Waals surface area contributed by atoms with Crippen LogP contribution in [0.5, 0.6) is 0 Å². The summed E-state index contributed by atoms with van der Waals surface area (Å²) in [5.41, 5.74) is 3.17. The summed E-state index contributed by atoms with van der Waals surface area (Å²) in [5.74, 6) is 0.0569. The Morgan fingerprint density at radius 1 is 1.10 bits per heavy atom. The third-order valence-electron chi connectivity index (χ3n) is 7.68. The van der Waals surface area contributed by atoms with Gasteiger partial charge in [-0.1, -0.05) is 44.2 Å². The van der Waals surface area contributed by atoms with E-state index in [2.05, 4.69) is 48.3 Å². The van der Waals surface area contributed by atoms with Crippen LogP contribution in [0.3, 0.4) is 0 Å². The molecule has 2 heterocycles. The molecule has 1 aliphatic carbocycles. The van der Waals surface area contributed by atoms with Gasteiger partial charge in [-0.25, -0.2) is 4.79 Å². The van der Waals surface area contributed by atoms with E-state index in [-0.39, 0.29) is 17.4 Å². The van der Waals surface area contributed by atoms with E-state index in [1.54, 1.807) is 0 Å². The summed E-state index contributed by atoms with van der Waals surface area (Å²) in [7, 11) is 0. The standard InChI is InChI=1S/C25H35N3O3/c1-3-18(4-2)26-23(29)21-17-25(22-8-6-5-7-20(21)22)11-15-27(16-12-25)19-9-13-28(14-10-19)24(30)31/h5-8,17-19H,3-4,9-16H2,1-2H3,(H,26,29)(H,30,31). The summed E-state index contributed by atoms with van der Waals surface area (Å²) in [6.45, 7) is 7.47. The van der Waals surface area contributed by atoms with E-state index in [0.29, 0.717) is 19.1 Å². The van der Waals surface area contributed by atoms with Crippen LogP contribution >= 0.6 is 0 Å². The number of fused-ring (bicyclic) bond motifs is 2. The Morgan fingerprint density at radius 2 is 1.74 bits per heavy atom. The predicted molar refractivity (Wildman–Crippen MR) is 122 cm³/mol. The fourth-order valence-electron chi connectivity index (χ4n) is 5.65. The van der Waals surface area contributed by atoms with Crippen LogP contribution in [0.15, 0.2) is 30.3 Å². The van der Waals surface area contributed by atoms with Gasteiger partial charge in [0.05, 0.1) is 0 Å². The smallest absolute Gasteiger partial charge is 0.407 e. The van der Waals surface area contributed by atoms with Crippen LogP contribution < -0.4 is 5.32 Å². The number of nitrogens with zero attached hydrogens (tertiary/aromatic N) is 2. The molecule has 0 atom stereocenters. The fraction of sp³-hybridized carbons (Fsp3) is 0.600. The highest BCUT2D eigenvalue weighted by Gasteiger charge is 2.43. The van der Waals surface area contributed by atoms with Crippen molar-refractivity contribution in [2.45, 2.75) is 69.9 Å². The van der Waals surface area contributed by atoms with E-state index >= 15 is 0 Å². The van der Waals surface area contributed by atoms with Crippen molar-refractivity contribution in [1.29, 1.82) is 0 Å². The van der Waals surface area contributed by atoms with Gasteiger partial charge in [-0.15, -0.1) is 0 Å². The zero-order chi connectivity index (χ0) is 22.0. The third kappa shape index (κ3) is 4.22. The topological polar surface area (TPSA) is 72.9 Å². The second-order valence-corrected chi connectivity index (χ2v) is 9.28. The minimum absolute atomic E-state index is 0.0569. The molecule has 2 fully saturated rings. The van der Waals surface area contributed by atoms with Crippen molar-refractivity contribution in [3.05, 3.63) is 41.5 Å². The van der Waals surface area contributed by atoms with Crippen LogP contribution in [0.4, 0.5) is 4.79 Å². The molecule has 0 aromatic heterocycles. The number of hydrogen-bond acceptors (Lipinski definition) is 3. The molecule has 6 nitrogen and oxygen atoms in total. The summed E-state index contributed by atoms with van der Waals surface area (Å²) < 4.78 is 0. The molecule has 6 heteroatoms. The summed E-state index contributed by atoms with van der Waals surface area (Å²) >= 11 is 0. The van der Waals surface area contributed by atoms with Crippen molar-refractivity contribution in [1.82, 2.24) is 15.1 Å². The van der Waals surface area contributed by atoms with Gasteiger partial charge < -0.3 is 20.2 Å². The Kier molecular flexibility index (Phi) is 6.37. The minimum Gasteiger partial charge on any atom is -0.465 e. The first-order valence-electron chi connectivity index (χ1n) is 11.8. The van der Waals surface area contributed by atoms with Crippen LogP contribution in [0, 0.1) is 0 Å².